The predicted octanol–water partition coefficient (Wildman–Crippen LogP) is 2.19. The molecule has 1 heterocycles. The number of nitrogens with zero attached hydrogens (tertiary/aromatic N) is 1. The quantitative estimate of drug-likeness (QED) is 0.634. The average Bonchev–Trinajstić information content (AvgIpc) is 2.38. The number of hydrogen-bond acceptors (Lipinski definition) is 1. The molecule has 0 aromatic rings. The molecule has 2 heteroatoms. The van der Waals surface area contributed by atoms with Gasteiger partial charge in [0.15, 0.2) is 0 Å². The Balaban J connectivity index is 2.63. The van der Waals surface area contributed by atoms with Crippen molar-refractivity contribution in [3.8, 4) is 0 Å². The first kappa shape index (κ1) is 9.56. The van der Waals surface area contributed by atoms with Gasteiger partial charge in [-0.05, 0) is 26.2 Å². The molecule has 1 aliphatic rings. The fourth-order valence-corrected chi connectivity index (χ4v) is 2.09. The Labute approximate surface area is 74.9 Å². The second-order valence-corrected chi connectivity index (χ2v) is 3.66. The lowest BCUT2D eigenvalue weighted by atomic mass is 10.1. The summed E-state index contributed by atoms with van der Waals surface area (Å²) in [5.41, 5.74) is 0. The second-order valence-electron chi connectivity index (χ2n) is 3.66. The van der Waals surface area contributed by atoms with Crippen molar-refractivity contribution in [1.82, 2.24) is 4.90 Å². The molecule has 1 unspecified atom stereocenters. The highest BCUT2D eigenvalue weighted by molar-refractivity contribution is 5.79. The molecule has 0 bridgehead atoms. The van der Waals surface area contributed by atoms with Gasteiger partial charge in [-0.25, -0.2) is 0 Å². The molecule has 1 fully saturated rings. The van der Waals surface area contributed by atoms with E-state index >= 15 is 0 Å². The molecule has 0 radical (unpaired) electrons. The largest absolute Gasteiger partial charge is 0.337 e. The summed E-state index contributed by atoms with van der Waals surface area (Å²) in [5, 5.41) is 0. The van der Waals surface area contributed by atoms with Gasteiger partial charge < -0.3 is 4.90 Å². The van der Waals surface area contributed by atoms with Gasteiger partial charge in [0.25, 0.3) is 0 Å². The summed E-state index contributed by atoms with van der Waals surface area (Å²) in [7, 11) is 0. The van der Waals surface area contributed by atoms with Crippen LogP contribution in [0.1, 0.15) is 46.5 Å². The van der Waals surface area contributed by atoms with Crippen LogP contribution in [-0.2, 0) is 4.79 Å². The van der Waals surface area contributed by atoms with E-state index in [-0.39, 0.29) is 0 Å². The summed E-state index contributed by atoms with van der Waals surface area (Å²) >= 11 is 0. The van der Waals surface area contributed by atoms with Gasteiger partial charge in [-0.1, -0.05) is 13.8 Å². The van der Waals surface area contributed by atoms with Crippen molar-refractivity contribution in [2.75, 3.05) is 0 Å². The summed E-state index contributed by atoms with van der Waals surface area (Å²) < 4.78 is 0. The van der Waals surface area contributed by atoms with Crippen LogP contribution in [0.5, 0.6) is 0 Å². The van der Waals surface area contributed by atoms with E-state index in [4.69, 9.17) is 0 Å². The van der Waals surface area contributed by atoms with Crippen molar-refractivity contribution in [1.29, 1.82) is 0 Å². The van der Waals surface area contributed by atoms with E-state index in [1.54, 1.807) is 0 Å². The maximum atomic E-state index is 11.5. The van der Waals surface area contributed by atoms with Crippen LogP contribution in [0.25, 0.3) is 0 Å². The van der Waals surface area contributed by atoms with E-state index in [9.17, 15) is 4.79 Å². The van der Waals surface area contributed by atoms with Crippen LogP contribution in [0, 0.1) is 0 Å². The smallest absolute Gasteiger partial charge is 0.223 e. The van der Waals surface area contributed by atoms with Gasteiger partial charge in [0.2, 0.25) is 5.91 Å². The molecule has 1 amide bonds. The molecular formula is C10H19NO. The van der Waals surface area contributed by atoms with Gasteiger partial charge in [-0.3, -0.25) is 4.79 Å². The van der Waals surface area contributed by atoms with Crippen molar-refractivity contribution < 1.29 is 4.79 Å². The number of carbonyl (C=O) groups is 1. The van der Waals surface area contributed by atoms with E-state index < -0.39 is 0 Å². The molecule has 1 aliphatic heterocycles. The van der Waals surface area contributed by atoms with Crippen molar-refractivity contribution in [3.05, 3.63) is 0 Å². The minimum Gasteiger partial charge on any atom is -0.337 e. The number of amides is 1. The molecule has 1 rings (SSSR count). The van der Waals surface area contributed by atoms with Gasteiger partial charge in [0.05, 0.1) is 0 Å². The summed E-state index contributed by atoms with van der Waals surface area (Å²) in [6, 6.07) is 0.956. The maximum Gasteiger partial charge on any atom is 0.223 e. The van der Waals surface area contributed by atoms with Gasteiger partial charge >= 0.3 is 0 Å². The third-order valence-corrected chi connectivity index (χ3v) is 2.87. The molecule has 1 saturated heterocycles. The summed E-state index contributed by atoms with van der Waals surface area (Å²) in [4.78, 5) is 13.6. The first-order valence-corrected chi connectivity index (χ1v) is 5.01. The zero-order chi connectivity index (χ0) is 9.14. The summed E-state index contributed by atoms with van der Waals surface area (Å²) in [6.45, 7) is 6.47. The molecular weight excluding hydrogens is 150 g/mol. The van der Waals surface area contributed by atoms with Crippen LogP contribution >= 0.6 is 0 Å². The second kappa shape index (κ2) is 3.92. The number of rotatable bonds is 3. The van der Waals surface area contributed by atoms with Crippen LogP contribution in [0.3, 0.4) is 0 Å². The SMILES string of the molecule is CCC(CC)N1C(=O)CCC1C. The van der Waals surface area contributed by atoms with Crippen molar-refractivity contribution in [3.63, 3.8) is 0 Å². The predicted molar refractivity (Wildman–Crippen MR) is 49.9 cm³/mol. The minimum atomic E-state index is 0.358. The standard InChI is InChI=1S/C10H19NO/c1-4-9(5-2)11-8(3)6-7-10(11)12/h8-9H,4-7H2,1-3H3. The number of hydrogen-bond donors (Lipinski definition) is 0. The Morgan fingerprint density at radius 2 is 2.08 bits per heavy atom. The minimum absolute atomic E-state index is 0.358. The molecule has 0 aromatic carbocycles. The van der Waals surface area contributed by atoms with E-state index in [0.29, 0.717) is 18.0 Å². The Morgan fingerprint density at radius 3 is 2.42 bits per heavy atom. The van der Waals surface area contributed by atoms with E-state index in [1.807, 2.05) is 0 Å². The fourth-order valence-electron chi connectivity index (χ4n) is 2.09. The van der Waals surface area contributed by atoms with Crippen LogP contribution in [0.2, 0.25) is 0 Å². The van der Waals surface area contributed by atoms with Gasteiger partial charge in [0.1, 0.15) is 0 Å². The molecule has 12 heavy (non-hydrogen) atoms. The van der Waals surface area contributed by atoms with E-state index in [2.05, 4.69) is 25.7 Å². The lowest BCUT2D eigenvalue weighted by Gasteiger charge is -2.30. The first-order chi connectivity index (χ1) is 5.70. The Morgan fingerprint density at radius 1 is 1.50 bits per heavy atom. The highest BCUT2D eigenvalue weighted by atomic mass is 16.2. The number of carbonyl (C=O) groups excluding carboxylic acids is 1. The zero-order valence-corrected chi connectivity index (χ0v) is 8.34. The third kappa shape index (κ3) is 1.62. The maximum absolute atomic E-state index is 11.5. The highest BCUT2D eigenvalue weighted by Gasteiger charge is 2.31. The van der Waals surface area contributed by atoms with Crippen LogP contribution in [-0.4, -0.2) is 22.9 Å². The first-order valence-electron chi connectivity index (χ1n) is 5.01. The van der Waals surface area contributed by atoms with E-state index in [1.165, 1.54) is 0 Å². The van der Waals surface area contributed by atoms with Crippen LogP contribution in [0.15, 0.2) is 0 Å². The van der Waals surface area contributed by atoms with Crippen LogP contribution < -0.4 is 0 Å². The normalized spacial score (nSPS) is 24.2. The fraction of sp³-hybridized carbons (Fsp3) is 0.900. The summed E-state index contributed by atoms with van der Waals surface area (Å²) in [6.07, 6.45) is 3.99. The third-order valence-electron chi connectivity index (χ3n) is 2.87. The Kier molecular flexibility index (Phi) is 3.12. The van der Waals surface area contributed by atoms with Crippen molar-refractivity contribution >= 4 is 5.91 Å². The molecule has 0 aliphatic carbocycles. The molecule has 2 nitrogen and oxygen atoms in total. The lowest BCUT2D eigenvalue weighted by molar-refractivity contribution is -0.131. The van der Waals surface area contributed by atoms with Gasteiger partial charge in [-0.2, -0.15) is 0 Å². The molecule has 0 saturated carbocycles. The van der Waals surface area contributed by atoms with E-state index in [0.717, 1.165) is 25.7 Å². The molecule has 0 aromatic heterocycles. The molecule has 0 spiro atoms. The molecule has 0 N–H and O–H groups in total. The van der Waals surface area contributed by atoms with Gasteiger partial charge in [0, 0.05) is 18.5 Å². The number of likely N-dealkylation sites (tertiary alicyclic amines) is 1. The van der Waals surface area contributed by atoms with Gasteiger partial charge in [-0.15, -0.1) is 0 Å². The Hall–Kier alpha value is -0.530. The summed E-state index contributed by atoms with van der Waals surface area (Å²) in [5.74, 6) is 0.358. The van der Waals surface area contributed by atoms with Crippen molar-refractivity contribution in [2.45, 2.75) is 58.5 Å². The Bertz CT molecular complexity index is 163. The monoisotopic (exact) mass is 169 g/mol. The zero-order valence-electron chi connectivity index (χ0n) is 8.34. The molecule has 1 atom stereocenters. The highest BCUT2D eigenvalue weighted by Crippen LogP contribution is 2.23. The topological polar surface area (TPSA) is 20.3 Å². The average molecular weight is 169 g/mol. The molecule has 70 valence electrons. The lowest BCUT2D eigenvalue weighted by Crippen LogP contribution is -2.39. The van der Waals surface area contributed by atoms with Crippen LogP contribution in [0.4, 0.5) is 0 Å². The van der Waals surface area contributed by atoms with Crippen molar-refractivity contribution in [2.24, 2.45) is 0 Å².